The summed E-state index contributed by atoms with van der Waals surface area (Å²) in [5.74, 6) is 0.730. The van der Waals surface area contributed by atoms with Crippen LogP contribution in [0.1, 0.15) is 33.5 Å². The molecule has 14 heavy (non-hydrogen) atoms. The minimum Gasteiger partial charge on any atom is -0.371 e. The number of rotatable bonds is 4. The summed E-state index contributed by atoms with van der Waals surface area (Å²) in [5, 5.41) is 4.06. The highest BCUT2D eigenvalue weighted by Crippen LogP contribution is 2.24. The lowest BCUT2D eigenvalue weighted by atomic mass is 10.1. The number of hydrogen-bond donors (Lipinski definition) is 1. The highest BCUT2D eigenvalue weighted by molar-refractivity contribution is 7.09. The Bertz CT molecular complexity index is 296. The van der Waals surface area contributed by atoms with Crippen molar-refractivity contribution in [2.24, 2.45) is 0 Å². The first-order valence-corrected chi connectivity index (χ1v) is 5.39. The summed E-state index contributed by atoms with van der Waals surface area (Å²) in [4.78, 5) is 4.36. The molecule has 1 rings (SSSR count). The monoisotopic (exact) mass is 215 g/mol. The van der Waals surface area contributed by atoms with Crippen molar-refractivity contribution in [1.82, 2.24) is 9.36 Å². The lowest BCUT2D eigenvalue weighted by Crippen LogP contribution is -2.21. The van der Waals surface area contributed by atoms with E-state index in [2.05, 4.69) is 28.5 Å². The van der Waals surface area contributed by atoms with Crippen molar-refractivity contribution < 1.29 is 4.74 Å². The van der Waals surface area contributed by atoms with Crippen molar-refractivity contribution in [1.29, 1.82) is 0 Å². The Hall–Kier alpha value is -0.680. The molecule has 0 bridgehead atoms. The van der Waals surface area contributed by atoms with E-state index in [1.165, 1.54) is 11.5 Å². The van der Waals surface area contributed by atoms with Crippen LogP contribution in [0.3, 0.4) is 0 Å². The number of nitrogens with one attached hydrogen (secondary N) is 1. The maximum atomic E-state index is 5.30. The van der Waals surface area contributed by atoms with Crippen LogP contribution >= 0.6 is 11.5 Å². The quantitative estimate of drug-likeness (QED) is 0.836. The van der Waals surface area contributed by atoms with Gasteiger partial charge in [0, 0.05) is 24.7 Å². The van der Waals surface area contributed by atoms with Gasteiger partial charge in [0.05, 0.1) is 0 Å². The highest BCUT2D eigenvalue weighted by Gasteiger charge is 2.24. The van der Waals surface area contributed by atoms with Gasteiger partial charge in [-0.25, -0.2) is 4.98 Å². The molecular formula is C9H17N3OS. The van der Waals surface area contributed by atoms with Gasteiger partial charge in [-0.2, -0.15) is 4.37 Å². The Morgan fingerprint density at radius 1 is 1.43 bits per heavy atom. The van der Waals surface area contributed by atoms with Gasteiger partial charge in [-0.05, 0) is 27.7 Å². The summed E-state index contributed by atoms with van der Waals surface area (Å²) < 4.78 is 9.55. The van der Waals surface area contributed by atoms with Gasteiger partial charge in [-0.3, -0.25) is 0 Å². The molecule has 5 heteroatoms. The summed E-state index contributed by atoms with van der Waals surface area (Å²) in [7, 11) is 1.66. The maximum Gasteiger partial charge on any atom is 0.202 e. The fraction of sp³-hybridized carbons (Fsp3) is 0.778. The predicted molar refractivity (Wildman–Crippen MR) is 58.7 cm³/mol. The molecule has 0 aliphatic heterocycles. The van der Waals surface area contributed by atoms with Gasteiger partial charge < -0.3 is 10.1 Å². The molecule has 0 spiro atoms. The largest absolute Gasteiger partial charge is 0.371 e. The van der Waals surface area contributed by atoms with E-state index in [9.17, 15) is 0 Å². The van der Waals surface area contributed by atoms with Gasteiger partial charge in [0.2, 0.25) is 5.13 Å². The second kappa shape index (κ2) is 4.23. The third-order valence-corrected chi connectivity index (χ3v) is 2.53. The normalized spacial score (nSPS) is 12.1. The zero-order chi connectivity index (χ0) is 10.8. The SMILES string of the molecule is COC(C)(C)c1nsc(NC(C)C)n1. The number of nitrogens with zero attached hydrogens (tertiary/aromatic N) is 2. The molecule has 1 heterocycles. The van der Waals surface area contributed by atoms with Gasteiger partial charge in [0.15, 0.2) is 5.82 Å². The Morgan fingerprint density at radius 2 is 2.07 bits per heavy atom. The Morgan fingerprint density at radius 3 is 2.57 bits per heavy atom. The first-order chi connectivity index (χ1) is 6.45. The van der Waals surface area contributed by atoms with E-state index in [-0.39, 0.29) is 0 Å². The maximum absolute atomic E-state index is 5.30. The van der Waals surface area contributed by atoms with Crippen LogP contribution in [0.15, 0.2) is 0 Å². The molecule has 0 unspecified atom stereocenters. The fourth-order valence-corrected chi connectivity index (χ4v) is 1.71. The van der Waals surface area contributed by atoms with Gasteiger partial charge in [0.25, 0.3) is 0 Å². The molecule has 1 aromatic heterocycles. The summed E-state index contributed by atoms with van der Waals surface area (Å²) >= 11 is 1.37. The summed E-state index contributed by atoms with van der Waals surface area (Å²) in [6.45, 7) is 8.05. The van der Waals surface area contributed by atoms with Crippen molar-refractivity contribution in [2.45, 2.75) is 39.3 Å². The minimum absolute atomic E-state index is 0.376. The summed E-state index contributed by atoms with van der Waals surface area (Å²) in [5.41, 5.74) is -0.409. The molecule has 0 saturated heterocycles. The van der Waals surface area contributed by atoms with Crippen LogP contribution in [-0.2, 0) is 10.3 Å². The fourth-order valence-electron chi connectivity index (χ4n) is 0.865. The smallest absolute Gasteiger partial charge is 0.202 e. The van der Waals surface area contributed by atoms with Crippen LogP contribution in [0, 0.1) is 0 Å². The molecule has 0 aliphatic carbocycles. The van der Waals surface area contributed by atoms with Crippen molar-refractivity contribution in [3.63, 3.8) is 0 Å². The number of ether oxygens (including phenoxy) is 1. The average molecular weight is 215 g/mol. The van der Waals surface area contributed by atoms with Crippen LogP contribution in [0.2, 0.25) is 0 Å². The van der Waals surface area contributed by atoms with Crippen LogP contribution in [0.4, 0.5) is 5.13 Å². The number of aromatic nitrogens is 2. The van der Waals surface area contributed by atoms with E-state index in [1.807, 2.05) is 13.8 Å². The third-order valence-electron chi connectivity index (χ3n) is 1.89. The molecule has 0 saturated carbocycles. The molecule has 0 atom stereocenters. The van der Waals surface area contributed by atoms with Crippen LogP contribution in [-0.4, -0.2) is 22.5 Å². The van der Waals surface area contributed by atoms with Crippen molar-refractivity contribution in [3.8, 4) is 0 Å². The van der Waals surface area contributed by atoms with Gasteiger partial charge in [-0.1, -0.05) is 0 Å². The summed E-state index contributed by atoms with van der Waals surface area (Å²) in [6.07, 6.45) is 0. The van der Waals surface area contributed by atoms with Gasteiger partial charge >= 0.3 is 0 Å². The molecule has 1 aromatic rings. The highest BCUT2D eigenvalue weighted by atomic mass is 32.1. The van der Waals surface area contributed by atoms with Crippen LogP contribution in [0.25, 0.3) is 0 Å². The zero-order valence-corrected chi connectivity index (χ0v) is 10.1. The van der Waals surface area contributed by atoms with Crippen molar-refractivity contribution in [3.05, 3.63) is 5.82 Å². The molecule has 80 valence electrons. The van der Waals surface area contributed by atoms with Crippen molar-refractivity contribution >= 4 is 16.7 Å². The second-order valence-corrected chi connectivity index (χ2v) is 4.69. The molecule has 1 N–H and O–H groups in total. The summed E-state index contributed by atoms with van der Waals surface area (Å²) in [6, 6.07) is 0.376. The van der Waals surface area contributed by atoms with Gasteiger partial charge in [-0.15, -0.1) is 0 Å². The average Bonchev–Trinajstić information content (AvgIpc) is 2.52. The molecule has 4 nitrogen and oxygen atoms in total. The van der Waals surface area contributed by atoms with E-state index < -0.39 is 5.60 Å². The van der Waals surface area contributed by atoms with Crippen LogP contribution in [0.5, 0.6) is 0 Å². The molecule has 0 radical (unpaired) electrons. The Balaban J connectivity index is 2.77. The van der Waals surface area contributed by atoms with Gasteiger partial charge in [0.1, 0.15) is 5.60 Å². The molecule has 0 amide bonds. The Labute approximate surface area is 88.9 Å². The van der Waals surface area contributed by atoms with E-state index >= 15 is 0 Å². The first-order valence-electron chi connectivity index (χ1n) is 4.61. The number of hydrogen-bond acceptors (Lipinski definition) is 5. The topological polar surface area (TPSA) is 47.0 Å². The molecule has 0 aliphatic rings. The molecular weight excluding hydrogens is 198 g/mol. The minimum atomic E-state index is -0.409. The zero-order valence-electron chi connectivity index (χ0n) is 9.29. The van der Waals surface area contributed by atoms with Crippen molar-refractivity contribution in [2.75, 3.05) is 12.4 Å². The predicted octanol–water partition coefficient (Wildman–Crippen LogP) is 2.24. The molecule has 0 aromatic carbocycles. The standard InChI is InChI=1S/C9H17N3OS/c1-6(2)10-8-11-7(12-14-8)9(3,4)13-5/h6H,1-5H3,(H,10,11,12). The van der Waals surface area contributed by atoms with E-state index in [4.69, 9.17) is 4.74 Å². The lowest BCUT2D eigenvalue weighted by molar-refractivity contribution is 0.0126. The molecule has 0 fully saturated rings. The lowest BCUT2D eigenvalue weighted by Gasteiger charge is -2.18. The first kappa shape index (κ1) is 11.4. The third kappa shape index (κ3) is 2.65. The van der Waals surface area contributed by atoms with Crippen LogP contribution < -0.4 is 5.32 Å². The number of methoxy groups -OCH3 is 1. The Kier molecular flexibility index (Phi) is 3.44. The second-order valence-electron chi connectivity index (χ2n) is 3.94. The van der Waals surface area contributed by atoms with E-state index in [0.717, 1.165) is 11.0 Å². The van der Waals surface area contributed by atoms with E-state index in [1.54, 1.807) is 7.11 Å². The van der Waals surface area contributed by atoms with E-state index in [0.29, 0.717) is 6.04 Å². The number of anilines is 1.